The molecule has 1 aromatic heterocycles. The van der Waals surface area contributed by atoms with Crippen molar-refractivity contribution in [3.8, 4) is 0 Å². The van der Waals surface area contributed by atoms with Crippen LogP contribution in [0.2, 0.25) is 0 Å². The minimum atomic E-state index is 0.443. The third-order valence-electron chi connectivity index (χ3n) is 4.11. The lowest BCUT2D eigenvalue weighted by atomic mass is 10.2. The molecule has 1 aromatic carbocycles. The molecule has 2 aromatic rings. The molecule has 1 saturated heterocycles. The summed E-state index contributed by atoms with van der Waals surface area (Å²) in [6.45, 7) is 7.51. The molecular formula is C17H24N4. The average molecular weight is 284 g/mol. The largest absolute Gasteiger partial charge is 0.378 e. The second kappa shape index (κ2) is 6.20. The van der Waals surface area contributed by atoms with Crippen molar-refractivity contribution in [2.75, 3.05) is 23.3 Å². The molecule has 0 bridgehead atoms. The maximum absolute atomic E-state index is 4.27. The number of rotatable bonds is 5. The Balaban J connectivity index is 1.74. The van der Waals surface area contributed by atoms with Gasteiger partial charge in [-0.05, 0) is 38.8 Å². The van der Waals surface area contributed by atoms with Gasteiger partial charge < -0.3 is 14.8 Å². The van der Waals surface area contributed by atoms with Crippen LogP contribution in [-0.2, 0) is 6.54 Å². The zero-order chi connectivity index (χ0) is 14.7. The van der Waals surface area contributed by atoms with Gasteiger partial charge in [-0.1, -0.05) is 12.1 Å². The van der Waals surface area contributed by atoms with Crippen molar-refractivity contribution >= 4 is 11.4 Å². The number of aromatic nitrogens is 2. The first kappa shape index (κ1) is 14.0. The maximum Gasteiger partial charge on any atom is 0.0951 e. The van der Waals surface area contributed by atoms with E-state index in [4.69, 9.17) is 0 Å². The van der Waals surface area contributed by atoms with Crippen LogP contribution < -0.4 is 10.2 Å². The van der Waals surface area contributed by atoms with Gasteiger partial charge in [0.2, 0.25) is 0 Å². The molecule has 0 aliphatic carbocycles. The van der Waals surface area contributed by atoms with E-state index < -0.39 is 0 Å². The Labute approximate surface area is 126 Å². The van der Waals surface area contributed by atoms with Crippen LogP contribution in [0.1, 0.15) is 38.4 Å². The topological polar surface area (TPSA) is 33.1 Å². The third-order valence-corrected chi connectivity index (χ3v) is 4.11. The predicted octanol–water partition coefficient (Wildman–Crippen LogP) is 3.68. The summed E-state index contributed by atoms with van der Waals surface area (Å²) in [4.78, 5) is 6.74. The van der Waals surface area contributed by atoms with Crippen molar-refractivity contribution < 1.29 is 0 Å². The van der Waals surface area contributed by atoms with Crippen LogP contribution in [-0.4, -0.2) is 22.6 Å². The molecule has 1 fully saturated rings. The number of nitrogens with zero attached hydrogens (tertiary/aromatic N) is 3. The summed E-state index contributed by atoms with van der Waals surface area (Å²) in [5.41, 5.74) is 3.77. The Morgan fingerprint density at radius 3 is 2.71 bits per heavy atom. The van der Waals surface area contributed by atoms with Crippen molar-refractivity contribution in [3.05, 3.63) is 42.5 Å². The van der Waals surface area contributed by atoms with Crippen molar-refractivity contribution in [1.82, 2.24) is 9.55 Å². The standard InChI is InChI=1S/C17H24N4/c1-14(2)21-13-18-11-15(21)12-19-16-7-3-4-8-17(16)20-9-5-6-10-20/h3-4,7-8,11,13-14,19H,5-6,9-10,12H2,1-2H3. The molecule has 3 rings (SSSR count). The molecule has 112 valence electrons. The highest BCUT2D eigenvalue weighted by atomic mass is 15.2. The maximum atomic E-state index is 4.27. The van der Waals surface area contributed by atoms with Crippen LogP contribution in [0, 0.1) is 0 Å². The molecule has 0 spiro atoms. The summed E-state index contributed by atoms with van der Waals surface area (Å²) in [6, 6.07) is 9.05. The second-order valence-corrected chi connectivity index (χ2v) is 5.95. The average Bonchev–Trinajstić information content (AvgIpc) is 3.16. The Kier molecular flexibility index (Phi) is 4.13. The number of benzene rings is 1. The minimum absolute atomic E-state index is 0.443. The van der Waals surface area contributed by atoms with Crippen LogP contribution in [0.3, 0.4) is 0 Å². The van der Waals surface area contributed by atoms with Gasteiger partial charge in [0.15, 0.2) is 0 Å². The summed E-state index contributed by atoms with van der Waals surface area (Å²) in [6.07, 6.45) is 6.46. The molecule has 1 aliphatic heterocycles. The second-order valence-electron chi connectivity index (χ2n) is 5.95. The van der Waals surface area contributed by atoms with Crippen LogP contribution in [0.15, 0.2) is 36.8 Å². The first-order chi connectivity index (χ1) is 10.3. The number of hydrogen-bond acceptors (Lipinski definition) is 3. The Morgan fingerprint density at radius 1 is 1.19 bits per heavy atom. The number of para-hydroxylation sites is 2. The highest BCUT2D eigenvalue weighted by Gasteiger charge is 2.15. The van der Waals surface area contributed by atoms with Gasteiger partial charge in [0, 0.05) is 25.3 Å². The van der Waals surface area contributed by atoms with E-state index in [1.54, 1.807) is 0 Å². The monoisotopic (exact) mass is 284 g/mol. The van der Waals surface area contributed by atoms with E-state index in [0.717, 1.165) is 6.54 Å². The van der Waals surface area contributed by atoms with Gasteiger partial charge in [0.05, 0.1) is 29.9 Å². The molecule has 1 N–H and O–H groups in total. The Bertz CT molecular complexity index is 582. The quantitative estimate of drug-likeness (QED) is 0.909. The molecule has 21 heavy (non-hydrogen) atoms. The lowest BCUT2D eigenvalue weighted by Crippen LogP contribution is -2.19. The first-order valence-electron chi connectivity index (χ1n) is 7.84. The smallest absolute Gasteiger partial charge is 0.0951 e. The van der Waals surface area contributed by atoms with E-state index in [2.05, 4.69) is 57.9 Å². The van der Waals surface area contributed by atoms with Crippen LogP contribution in [0.5, 0.6) is 0 Å². The normalized spacial score (nSPS) is 14.9. The Hall–Kier alpha value is -1.97. The fraction of sp³-hybridized carbons (Fsp3) is 0.471. The van der Waals surface area contributed by atoms with E-state index in [1.165, 1.54) is 43.0 Å². The van der Waals surface area contributed by atoms with Gasteiger partial charge in [0.1, 0.15) is 0 Å². The minimum Gasteiger partial charge on any atom is -0.378 e. The van der Waals surface area contributed by atoms with E-state index in [9.17, 15) is 0 Å². The summed E-state index contributed by atoms with van der Waals surface area (Å²) >= 11 is 0. The predicted molar refractivity (Wildman–Crippen MR) is 87.8 cm³/mol. The molecule has 4 heteroatoms. The van der Waals surface area contributed by atoms with Gasteiger partial charge in [0.25, 0.3) is 0 Å². The molecule has 0 atom stereocenters. The summed E-state index contributed by atoms with van der Waals surface area (Å²) in [7, 11) is 0. The van der Waals surface area contributed by atoms with Crippen LogP contribution in [0.25, 0.3) is 0 Å². The van der Waals surface area contributed by atoms with Gasteiger partial charge >= 0.3 is 0 Å². The zero-order valence-electron chi connectivity index (χ0n) is 12.9. The van der Waals surface area contributed by atoms with Crippen molar-refractivity contribution in [2.24, 2.45) is 0 Å². The van der Waals surface area contributed by atoms with Crippen molar-refractivity contribution in [2.45, 2.75) is 39.3 Å². The van der Waals surface area contributed by atoms with Crippen LogP contribution in [0.4, 0.5) is 11.4 Å². The summed E-state index contributed by atoms with van der Waals surface area (Å²) < 4.78 is 2.21. The van der Waals surface area contributed by atoms with Crippen molar-refractivity contribution in [1.29, 1.82) is 0 Å². The first-order valence-corrected chi connectivity index (χ1v) is 7.84. The fourth-order valence-electron chi connectivity index (χ4n) is 2.98. The van der Waals surface area contributed by atoms with Crippen LogP contribution >= 0.6 is 0 Å². The highest BCUT2D eigenvalue weighted by Crippen LogP contribution is 2.29. The van der Waals surface area contributed by atoms with Gasteiger partial charge in [-0.25, -0.2) is 4.98 Å². The molecule has 4 nitrogen and oxygen atoms in total. The fourth-order valence-corrected chi connectivity index (χ4v) is 2.98. The lowest BCUT2D eigenvalue weighted by Gasteiger charge is -2.22. The molecule has 1 aliphatic rings. The van der Waals surface area contributed by atoms with Gasteiger partial charge in [-0.3, -0.25) is 0 Å². The van der Waals surface area contributed by atoms with E-state index >= 15 is 0 Å². The Morgan fingerprint density at radius 2 is 1.95 bits per heavy atom. The van der Waals surface area contributed by atoms with Gasteiger partial charge in [-0.15, -0.1) is 0 Å². The SMILES string of the molecule is CC(C)n1cncc1CNc1ccccc1N1CCCC1. The number of imidazole rings is 1. The molecule has 0 amide bonds. The van der Waals surface area contributed by atoms with Gasteiger partial charge in [-0.2, -0.15) is 0 Å². The number of nitrogens with one attached hydrogen (secondary N) is 1. The molecule has 0 saturated carbocycles. The molecule has 0 unspecified atom stereocenters. The summed E-state index contributed by atoms with van der Waals surface area (Å²) in [5, 5.41) is 3.59. The molecular weight excluding hydrogens is 260 g/mol. The van der Waals surface area contributed by atoms with E-state index in [-0.39, 0.29) is 0 Å². The number of hydrogen-bond donors (Lipinski definition) is 1. The van der Waals surface area contributed by atoms with Crippen molar-refractivity contribution in [3.63, 3.8) is 0 Å². The number of anilines is 2. The lowest BCUT2D eigenvalue weighted by molar-refractivity contribution is 0.577. The zero-order valence-corrected chi connectivity index (χ0v) is 12.9. The molecule has 0 radical (unpaired) electrons. The summed E-state index contributed by atoms with van der Waals surface area (Å²) in [5.74, 6) is 0. The third kappa shape index (κ3) is 3.04. The van der Waals surface area contributed by atoms with E-state index in [0.29, 0.717) is 6.04 Å². The van der Waals surface area contributed by atoms with E-state index in [1.807, 2.05) is 12.5 Å². The molecule has 2 heterocycles. The highest BCUT2D eigenvalue weighted by molar-refractivity contribution is 5.70.